The molecule has 2 unspecified atom stereocenters. The summed E-state index contributed by atoms with van der Waals surface area (Å²) in [5.41, 5.74) is 24.3. The number of hydrogen-bond donors (Lipinski definition) is 0. The first-order valence-electron chi connectivity index (χ1n) is 20.7. The number of anilines is 5. The fraction of sp³-hybridized carbons (Fsp3) is 0.412. The van der Waals surface area contributed by atoms with Gasteiger partial charge in [-0.1, -0.05) is 130 Å². The van der Waals surface area contributed by atoms with Crippen LogP contribution in [0.15, 0.2) is 78.9 Å². The Morgan fingerprint density at radius 3 is 2.02 bits per heavy atom. The average molecular weight is 709 g/mol. The molecule has 3 heterocycles. The van der Waals surface area contributed by atoms with Crippen LogP contribution in [-0.4, -0.2) is 12.3 Å². The number of fused-ring (bicyclic) bond motifs is 11. The third kappa shape index (κ3) is 4.14. The Labute approximate surface area is 325 Å². The fourth-order valence-corrected chi connectivity index (χ4v) is 11.9. The topological polar surface area (TPSA) is 6.48 Å². The Balaban J connectivity index is 1.38. The van der Waals surface area contributed by atoms with Gasteiger partial charge in [-0.3, -0.25) is 0 Å². The molecule has 3 aliphatic heterocycles. The third-order valence-electron chi connectivity index (χ3n) is 15.0. The van der Waals surface area contributed by atoms with Crippen molar-refractivity contribution in [2.24, 2.45) is 0 Å². The predicted octanol–water partition coefficient (Wildman–Crippen LogP) is 11.6. The largest absolute Gasteiger partial charge is 0.335 e. The fourth-order valence-electron chi connectivity index (χ4n) is 11.9. The number of hydrogen-bond acceptors (Lipinski definition) is 2. The van der Waals surface area contributed by atoms with E-state index in [4.69, 9.17) is 0 Å². The molecule has 3 heteroatoms. The van der Waals surface area contributed by atoms with Gasteiger partial charge in [0.2, 0.25) is 0 Å². The SMILES string of the molecule is Cc1cc2c3c(c1)N1c4c(cc(C(C)(C)C)cc4C4(C)CCCCC14C)B3c1c(ccc3c1C(C)(C)c1ccccc1-3)N2c1ccc(C(C)(C)C)cc1C. The highest BCUT2D eigenvalue weighted by atomic mass is 15.3. The molecule has 2 atom stereocenters. The van der Waals surface area contributed by atoms with Crippen molar-refractivity contribution in [2.75, 3.05) is 9.80 Å². The third-order valence-corrected chi connectivity index (χ3v) is 15.0. The summed E-state index contributed by atoms with van der Waals surface area (Å²) in [6.07, 6.45) is 5.02. The summed E-state index contributed by atoms with van der Waals surface area (Å²) in [6.45, 7) is 29.2. The Hall–Kier alpha value is -4.24. The summed E-state index contributed by atoms with van der Waals surface area (Å²) < 4.78 is 0. The van der Waals surface area contributed by atoms with Gasteiger partial charge in [-0.15, -0.1) is 0 Å². The average Bonchev–Trinajstić information content (AvgIpc) is 3.47. The zero-order valence-corrected chi connectivity index (χ0v) is 34.8. The van der Waals surface area contributed by atoms with Gasteiger partial charge in [0.25, 0.3) is 6.71 Å². The van der Waals surface area contributed by atoms with Gasteiger partial charge in [0, 0.05) is 39.3 Å². The van der Waals surface area contributed by atoms with Crippen LogP contribution in [0.25, 0.3) is 11.1 Å². The zero-order chi connectivity index (χ0) is 38.1. The molecule has 0 aromatic heterocycles. The Morgan fingerprint density at radius 1 is 0.611 bits per heavy atom. The van der Waals surface area contributed by atoms with E-state index < -0.39 is 0 Å². The molecule has 1 saturated carbocycles. The summed E-state index contributed by atoms with van der Waals surface area (Å²) >= 11 is 0. The van der Waals surface area contributed by atoms with Crippen LogP contribution in [0.5, 0.6) is 0 Å². The minimum atomic E-state index is -0.148. The van der Waals surface area contributed by atoms with Crippen molar-refractivity contribution >= 4 is 51.5 Å². The smallest absolute Gasteiger partial charge is 0.252 e. The molecule has 0 bridgehead atoms. The van der Waals surface area contributed by atoms with Crippen molar-refractivity contribution in [3.8, 4) is 11.1 Å². The molecule has 54 heavy (non-hydrogen) atoms. The molecule has 0 N–H and O–H groups in total. The maximum absolute atomic E-state index is 2.90. The second-order valence-electron chi connectivity index (χ2n) is 20.7. The number of benzene rings is 5. The molecule has 0 saturated heterocycles. The molecule has 2 nitrogen and oxygen atoms in total. The maximum Gasteiger partial charge on any atom is 0.252 e. The highest BCUT2D eigenvalue weighted by Crippen LogP contribution is 2.63. The monoisotopic (exact) mass is 708 g/mol. The molecule has 1 fully saturated rings. The number of rotatable bonds is 1. The summed E-state index contributed by atoms with van der Waals surface area (Å²) in [7, 11) is 0. The molecular formula is C51H57BN2. The van der Waals surface area contributed by atoms with Crippen LogP contribution >= 0.6 is 0 Å². The van der Waals surface area contributed by atoms with E-state index >= 15 is 0 Å². The second-order valence-corrected chi connectivity index (χ2v) is 20.7. The minimum absolute atomic E-state index is 0.00506. The molecule has 0 amide bonds. The summed E-state index contributed by atoms with van der Waals surface area (Å²) in [4.78, 5) is 5.57. The van der Waals surface area contributed by atoms with E-state index in [1.807, 2.05) is 0 Å². The first-order valence-corrected chi connectivity index (χ1v) is 20.7. The van der Waals surface area contributed by atoms with E-state index in [0.717, 1.165) is 0 Å². The van der Waals surface area contributed by atoms with Gasteiger partial charge in [-0.2, -0.15) is 0 Å². The van der Waals surface area contributed by atoms with E-state index in [1.54, 1.807) is 5.56 Å². The van der Waals surface area contributed by atoms with Gasteiger partial charge in [-0.05, 0) is 135 Å². The van der Waals surface area contributed by atoms with Crippen LogP contribution in [-0.2, 0) is 21.7 Å². The number of nitrogens with zero attached hydrogens (tertiary/aromatic N) is 2. The molecule has 0 radical (unpaired) electrons. The number of aryl methyl sites for hydroxylation is 2. The highest BCUT2D eigenvalue weighted by molar-refractivity contribution is 7.00. The van der Waals surface area contributed by atoms with E-state index in [9.17, 15) is 0 Å². The normalized spacial score (nSPS) is 22.7. The lowest BCUT2D eigenvalue weighted by Gasteiger charge is -2.53. The highest BCUT2D eigenvalue weighted by Gasteiger charge is 2.62. The van der Waals surface area contributed by atoms with Gasteiger partial charge in [0.15, 0.2) is 0 Å². The van der Waals surface area contributed by atoms with Crippen LogP contribution in [0, 0.1) is 13.8 Å². The molecular weight excluding hydrogens is 651 g/mol. The van der Waals surface area contributed by atoms with Gasteiger partial charge in [0.1, 0.15) is 0 Å². The molecule has 0 spiro atoms. The van der Waals surface area contributed by atoms with E-state index in [2.05, 4.69) is 172 Å². The quantitative estimate of drug-likeness (QED) is 0.157. The lowest BCUT2D eigenvalue weighted by Crippen LogP contribution is -2.65. The maximum atomic E-state index is 2.90. The Kier molecular flexibility index (Phi) is 6.69. The van der Waals surface area contributed by atoms with Crippen LogP contribution < -0.4 is 26.2 Å². The van der Waals surface area contributed by atoms with Gasteiger partial charge < -0.3 is 9.80 Å². The van der Waals surface area contributed by atoms with Gasteiger partial charge in [-0.25, -0.2) is 0 Å². The molecule has 2 aliphatic carbocycles. The standard InChI is InChI=1S/C51H57BN2/c1-30-25-41-44-42(26-30)54-46-37(50(11)23-15-16-24-51(50,54)12)28-33(48(6,7)8)29-38(46)52(44)45-40(53(41)39-21-19-32(27-31(39)2)47(3,4)5)22-20-35-34-17-13-14-18-36(34)49(9,10)43(35)45/h13-14,17-22,25-29H,15-16,23-24H2,1-12H3. The lowest BCUT2D eigenvalue weighted by atomic mass is 9.32. The second kappa shape index (κ2) is 10.5. The van der Waals surface area contributed by atoms with Crippen molar-refractivity contribution in [3.63, 3.8) is 0 Å². The summed E-state index contributed by atoms with van der Waals surface area (Å²) in [5.74, 6) is 0. The lowest BCUT2D eigenvalue weighted by molar-refractivity contribution is 0.195. The molecule has 5 aromatic carbocycles. The Morgan fingerprint density at radius 2 is 1.30 bits per heavy atom. The molecule has 5 aromatic rings. The van der Waals surface area contributed by atoms with Crippen LogP contribution in [0.2, 0.25) is 0 Å². The molecule has 5 aliphatic rings. The van der Waals surface area contributed by atoms with Crippen molar-refractivity contribution in [1.29, 1.82) is 0 Å². The summed E-state index contributed by atoms with van der Waals surface area (Å²) in [6, 6.07) is 31.8. The summed E-state index contributed by atoms with van der Waals surface area (Å²) in [5, 5.41) is 0. The van der Waals surface area contributed by atoms with Gasteiger partial charge in [0.05, 0.1) is 5.54 Å². The molecule has 274 valence electrons. The van der Waals surface area contributed by atoms with Crippen LogP contribution in [0.3, 0.4) is 0 Å². The van der Waals surface area contributed by atoms with Crippen molar-refractivity contribution in [1.82, 2.24) is 0 Å². The van der Waals surface area contributed by atoms with Gasteiger partial charge >= 0.3 is 0 Å². The van der Waals surface area contributed by atoms with Crippen molar-refractivity contribution in [3.05, 3.63) is 118 Å². The zero-order valence-electron chi connectivity index (χ0n) is 34.8. The first-order chi connectivity index (χ1) is 25.4. The molecule has 10 rings (SSSR count). The van der Waals surface area contributed by atoms with E-state index in [-0.39, 0.29) is 33.9 Å². The minimum Gasteiger partial charge on any atom is -0.335 e. The van der Waals surface area contributed by atoms with E-state index in [1.165, 1.54) is 115 Å². The Bertz CT molecular complexity index is 2470. The van der Waals surface area contributed by atoms with Crippen molar-refractivity contribution in [2.45, 2.75) is 136 Å². The predicted molar refractivity (Wildman–Crippen MR) is 233 cm³/mol. The van der Waals surface area contributed by atoms with Crippen LogP contribution in [0.4, 0.5) is 28.4 Å². The van der Waals surface area contributed by atoms with E-state index in [0.29, 0.717) is 0 Å². The van der Waals surface area contributed by atoms with Crippen LogP contribution in [0.1, 0.15) is 134 Å². The first kappa shape index (κ1) is 34.3. The van der Waals surface area contributed by atoms with Crippen molar-refractivity contribution < 1.29 is 0 Å².